The summed E-state index contributed by atoms with van der Waals surface area (Å²) >= 11 is 0. The second-order valence-electron chi connectivity index (χ2n) is 8.12. The summed E-state index contributed by atoms with van der Waals surface area (Å²) in [6.45, 7) is 2.16. The average Bonchev–Trinajstić information content (AvgIpc) is 2.82. The highest BCUT2D eigenvalue weighted by Gasteiger charge is 2.28. The molecule has 9 heteroatoms. The molecule has 1 fully saturated rings. The van der Waals surface area contributed by atoms with Crippen LogP contribution in [0.25, 0.3) is 0 Å². The first kappa shape index (κ1) is 24.1. The number of rotatable bonds is 9. The molecule has 0 bridgehead atoms. The molecule has 0 amide bonds. The van der Waals surface area contributed by atoms with Crippen LogP contribution >= 0.6 is 0 Å². The summed E-state index contributed by atoms with van der Waals surface area (Å²) in [4.78, 5) is 0. The van der Waals surface area contributed by atoms with E-state index in [0.717, 1.165) is 42.4 Å². The van der Waals surface area contributed by atoms with Crippen LogP contribution in [-0.2, 0) is 0 Å². The Bertz CT molecular complexity index is 896. The average molecular weight is 445 g/mol. The van der Waals surface area contributed by atoms with Crippen LogP contribution in [0.4, 0.5) is 17.1 Å². The molecule has 0 radical (unpaired) electrons. The van der Waals surface area contributed by atoms with Gasteiger partial charge in [-0.15, -0.1) is 0 Å². The topological polar surface area (TPSA) is 129 Å². The minimum absolute atomic E-state index is 0.0825. The van der Waals surface area contributed by atoms with Gasteiger partial charge in [0.25, 0.3) is 0 Å². The lowest BCUT2D eigenvalue weighted by Crippen LogP contribution is -3.00. The van der Waals surface area contributed by atoms with E-state index in [9.17, 15) is 20.8 Å². The van der Waals surface area contributed by atoms with E-state index in [2.05, 4.69) is 12.3 Å². The highest BCUT2D eigenvalue weighted by Crippen LogP contribution is 2.34. The van der Waals surface area contributed by atoms with E-state index in [1.54, 1.807) is 7.11 Å². The van der Waals surface area contributed by atoms with E-state index in [1.165, 1.54) is 31.4 Å². The number of nitrogens with zero attached hydrogens (tertiary/aromatic N) is 1. The second-order valence-corrected chi connectivity index (χ2v) is 8.12. The van der Waals surface area contributed by atoms with Gasteiger partial charge in [-0.05, 0) is 61.1 Å². The van der Waals surface area contributed by atoms with Crippen LogP contribution in [-0.4, -0.2) is 23.2 Å². The molecule has 1 saturated carbocycles. The lowest BCUT2D eigenvalue weighted by atomic mass is 9.75. The Morgan fingerprint density at radius 3 is 2.34 bits per heavy atom. The monoisotopic (exact) mass is 444 g/mol. The Hall–Kier alpha value is -2.53. The molecule has 0 saturated heterocycles. The molecule has 3 atom stereocenters. The van der Waals surface area contributed by atoms with Gasteiger partial charge in [-0.25, -0.2) is 10.4 Å². The minimum atomic E-state index is -1.21. The van der Waals surface area contributed by atoms with Crippen LogP contribution in [0.1, 0.15) is 51.0 Å². The Morgan fingerprint density at radius 2 is 1.78 bits per heavy atom. The fourth-order valence-electron chi connectivity index (χ4n) is 4.48. The van der Waals surface area contributed by atoms with Crippen molar-refractivity contribution in [2.45, 2.75) is 45.4 Å². The molecule has 5 N–H and O–H groups in total. The van der Waals surface area contributed by atoms with Gasteiger partial charge in [0.1, 0.15) is 11.4 Å². The Labute approximate surface area is 188 Å². The van der Waals surface area contributed by atoms with E-state index in [1.807, 2.05) is 24.3 Å². The summed E-state index contributed by atoms with van der Waals surface area (Å²) in [7, 11) is 1.62. The summed E-state index contributed by atoms with van der Waals surface area (Å²) < 4.78 is 5.29. The molecule has 0 aromatic heterocycles. The standard InChI is InChI=1S/C23H32N4O5/c1-3-20(16-7-5-4-6-8-16)23(17-9-12-19(32-2)13-10-17)25-24-21-14-11-18(26(28)29)15-22(21)27(30)31/h9-16,20,24,26-28,30H,3-8H2,1-2H3. The summed E-state index contributed by atoms with van der Waals surface area (Å²) in [6, 6.07) is 11.7. The Balaban J connectivity index is 1.98. The zero-order chi connectivity index (χ0) is 23.1. The zero-order valence-corrected chi connectivity index (χ0v) is 18.5. The Morgan fingerprint density at radius 1 is 1.09 bits per heavy atom. The molecule has 2 aromatic carbocycles. The molecule has 0 spiro atoms. The van der Waals surface area contributed by atoms with Crippen molar-refractivity contribution in [3.63, 3.8) is 0 Å². The third kappa shape index (κ3) is 5.83. The van der Waals surface area contributed by atoms with Crippen molar-refractivity contribution in [3.05, 3.63) is 58.4 Å². The maximum Gasteiger partial charge on any atom is 0.195 e. The number of hydrogen-bond donors (Lipinski definition) is 5. The first-order valence-corrected chi connectivity index (χ1v) is 11.0. The molecule has 3 unspecified atom stereocenters. The van der Waals surface area contributed by atoms with Crippen molar-refractivity contribution >= 4 is 22.8 Å². The van der Waals surface area contributed by atoms with Gasteiger partial charge in [0.15, 0.2) is 11.4 Å². The molecule has 174 valence electrons. The minimum Gasteiger partial charge on any atom is -0.595 e. The lowest BCUT2D eigenvalue weighted by Gasteiger charge is -2.31. The first-order chi connectivity index (χ1) is 15.4. The fraction of sp³-hybridized carbons (Fsp3) is 0.435. The molecular formula is C23H32N4O5. The van der Waals surface area contributed by atoms with Crippen LogP contribution in [0.5, 0.6) is 5.75 Å². The molecule has 0 heterocycles. The number of ether oxygens (including phenoxy) is 1. The molecular weight excluding hydrogens is 412 g/mol. The predicted octanol–water partition coefficient (Wildman–Crippen LogP) is 2.92. The smallest absolute Gasteiger partial charge is 0.195 e. The Kier molecular flexibility index (Phi) is 8.57. The number of hydrogen-bond acceptors (Lipinski definition) is 7. The van der Waals surface area contributed by atoms with Gasteiger partial charge in [-0.1, -0.05) is 26.2 Å². The molecule has 9 nitrogen and oxygen atoms in total. The zero-order valence-electron chi connectivity index (χ0n) is 18.5. The highest BCUT2D eigenvalue weighted by atomic mass is 16.8. The number of benzene rings is 2. The third-order valence-electron chi connectivity index (χ3n) is 6.19. The van der Waals surface area contributed by atoms with Gasteiger partial charge in [-0.2, -0.15) is 15.6 Å². The lowest BCUT2D eigenvalue weighted by molar-refractivity contribution is -0.996. The number of nitrogens with one attached hydrogen (secondary N) is 3. The van der Waals surface area contributed by atoms with Gasteiger partial charge in [0.2, 0.25) is 0 Å². The van der Waals surface area contributed by atoms with Crippen molar-refractivity contribution in [2.75, 3.05) is 12.5 Å². The predicted molar refractivity (Wildman–Crippen MR) is 122 cm³/mol. The van der Waals surface area contributed by atoms with Crippen LogP contribution in [0.15, 0.2) is 47.6 Å². The van der Waals surface area contributed by atoms with Crippen molar-refractivity contribution in [3.8, 4) is 5.75 Å². The van der Waals surface area contributed by atoms with Crippen molar-refractivity contribution in [1.82, 2.24) is 0 Å². The van der Waals surface area contributed by atoms with E-state index in [0.29, 0.717) is 5.92 Å². The van der Waals surface area contributed by atoms with Gasteiger partial charge < -0.3 is 15.2 Å². The molecule has 0 aliphatic heterocycles. The van der Waals surface area contributed by atoms with Crippen molar-refractivity contribution in [1.29, 1.82) is 0 Å². The van der Waals surface area contributed by atoms with Gasteiger partial charge in [0, 0.05) is 12.0 Å². The quantitative estimate of drug-likeness (QED) is 0.299. The van der Waals surface area contributed by atoms with E-state index < -0.39 is 10.5 Å². The maximum atomic E-state index is 11.7. The van der Waals surface area contributed by atoms with E-state index in [4.69, 9.17) is 9.84 Å². The van der Waals surface area contributed by atoms with Crippen molar-refractivity contribution in [2.24, 2.45) is 16.9 Å². The summed E-state index contributed by atoms with van der Waals surface area (Å²) in [5.74, 6) is 1.50. The van der Waals surface area contributed by atoms with Gasteiger partial charge in [-0.3, -0.25) is 5.43 Å². The first-order valence-electron chi connectivity index (χ1n) is 11.0. The summed E-state index contributed by atoms with van der Waals surface area (Å²) in [5.41, 5.74) is 4.80. The number of methoxy groups -OCH3 is 1. The molecule has 32 heavy (non-hydrogen) atoms. The number of hydrazone groups is 1. The van der Waals surface area contributed by atoms with E-state index >= 15 is 0 Å². The second kappa shape index (κ2) is 11.4. The van der Waals surface area contributed by atoms with Crippen LogP contribution in [0.3, 0.4) is 0 Å². The normalized spacial score (nSPS) is 18.1. The third-order valence-corrected chi connectivity index (χ3v) is 6.19. The largest absolute Gasteiger partial charge is 0.595 e. The molecule has 2 aromatic rings. The fourth-order valence-corrected chi connectivity index (χ4v) is 4.48. The van der Waals surface area contributed by atoms with Gasteiger partial charge >= 0.3 is 0 Å². The molecule has 1 aliphatic carbocycles. The van der Waals surface area contributed by atoms with Crippen molar-refractivity contribution < 1.29 is 25.6 Å². The van der Waals surface area contributed by atoms with Crippen LogP contribution in [0.2, 0.25) is 0 Å². The van der Waals surface area contributed by atoms with Crippen LogP contribution in [0, 0.1) is 22.3 Å². The SMILES string of the molecule is CCC(C(=NNc1ccc([NH+]([O-])O)cc1[NH+]([O-])O)c1ccc(OC)cc1)C1CCCCC1. The van der Waals surface area contributed by atoms with E-state index in [-0.39, 0.29) is 23.0 Å². The molecule has 3 rings (SSSR count). The van der Waals surface area contributed by atoms with Gasteiger partial charge in [0.05, 0.1) is 18.9 Å². The highest BCUT2D eigenvalue weighted by molar-refractivity contribution is 6.03. The number of anilines is 1. The number of quaternary nitrogens is 2. The summed E-state index contributed by atoms with van der Waals surface area (Å²) in [6.07, 6.45) is 6.91. The maximum absolute atomic E-state index is 11.7. The summed E-state index contributed by atoms with van der Waals surface area (Å²) in [5, 5.41) is 44.0. The molecule has 1 aliphatic rings. The van der Waals surface area contributed by atoms with Crippen LogP contribution < -0.4 is 20.6 Å².